The lowest BCUT2D eigenvalue weighted by Gasteiger charge is -2.25. The van der Waals surface area contributed by atoms with E-state index in [0.717, 1.165) is 23.4 Å². The van der Waals surface area contributed by atoms with Gasteiger partial charge in [-0.15, -0.1) is 5.10 Å². The normalized spacial score (nSPS) is 19.8. The largest absolute Gasteiger partial charge is 0.486 e. The van der Waals surface area contributed by atoms with E-state index in [2.05, 4.69) is 22.9 Å². The molecule has 2 atom stereocenters. The molecule has 3 heterocycles. The Balaban J connectivity index is 1.33. The van der Waals surface area contributed by atoms with E-state index in [4.69, 9.17) is 14.2 Å². The first-order valence-corrected chi connectivity index (χ1v) is 11.1. The number of ether oxygens (including phenoxy) is 3. The van der Waals surface area contributed by atoms with Crippen LogP contribution in [-0.2, 0) is 6.54 Å². The second-order valence-corrected chi connectivity index (χ2v) is 8.65. The van der Waals surface area contributed by atoms with Gasteiger partial charge in [0.25, 0.3) is 0 Å². The van der Waals surface area contributed by atoms with E-state index < -0.39 is 6.09 Å². The predicted octanol–water partition coefficient (Wildman–Crippen LogP) is 3.60. The number of rotatable bonds is 4. The lowest BCUT2D eigenvalue weighted by atomic mass is 10.1. The first-order chi connectivity index (χ1) is 15.6. The highest BCUT2D eigenvalue weighted by molar-refractivity contribution is 7.81. The Labute approximate surface area is 191 Å². The van der Waals surface area contributed by atoms with Gasteiger partial charge in [-0.05, 0) is 25.5 Å². The van der Waals surface area contributed by atoms with Gasteiger partial charge in [0.05, 0.1) is 18.3 Å². The van der Waals surface area contributed by atoms with Crippen molar-refractivity contribution in [3.8, 4) is 28.5 Å². The number of carbonyl (C=O) groups is 1. The van der Waals surface area contributed by atoms with E-state index in [1.165, 1.54) is 0 Å². The molecule has 9 heteroatoms. The van der Waals surface area contributed by atoms with Crippen LogP contribution in [0.5, 0.6) is 17.2 Å². The molecule has 1 fully saturated rings. The molecule has 1 aromatic heterocycles. The highest BCUT2D eigenvalue weighted by Gasteiger charge is 2.36. The minimum Gasteiger partial charge on any atom is -0.486 e. The maximum atomic E-state index is 13.1. The van der Waals surface area contributed by atoms with Gasteiger partial charge in [0, 0.05) is 17.4 Å². The predicted molar refractivity (Wildman–Crippen MR) is 122 cm³/mol. The van der Waals surface area contributed by atoms with Crippen molar-refractivity contribution in [1.82, 2.24) is 19.9 Å². The molecular formula is C23H24N4O4S. The van der Waals surface area contributed by atoms with E-state index in [1.54, 1.807) is 23.1 Å². The van der Waals surface area contributed by atoms with Crippen LogP contribution in [0.3, 0.4) is 0 Å². The maximum absolute atomic E-state index is 13.1. The Morgan fingerprint density at radius 1 is 1.16 bits per heavy atom. The molecule has 1 saturated heterocycles. The fourth-order valence-electron chi connectivity index (χ4n) is 4.16. The van der Waals surface area contributed by atoms with E-state index in [1.807, 2.05) is 41.9 Å². The first kappa shape index (κ1) is 20.7. The van der Waals surface area contributed by atoms with E-state index in [-0.39, 0.29) is 11.3 Å². The van der Waals surface area contributed by atoms with Gasteiger partial charge < -0.3 is 19.1 Å². The molecule has 8 nitrogen and oxygen atoms in total. The third-order valence-electron chi connectivity index (χ3n) is 5.77. The topological polar surface area (TPSA) is 78.7 Å². The standard InChI is InChI=1S/C23H24N4O4S/c1-15-21(16-6-3-2-4-7-16)24-25-27(15)13-17-12-18(32)14-26(17)23(28)31-20-9-5-8-19-22(20)30-11-10-29-19/h2-9,17-18,32H,10-14H2,1H3/t17-,18+/m0/s1. The minimum absolute atomic E-state index is 0.0641. The molecule has 0 aliphatic carbocycles. The van der Waals surface area contributed by atoms with Crippen LogP contribution in [0.2, 0.25) is 0 Å². The second kappa shape index (κ2) is 8.74. The number of nitrogens with zero attached hydrogens (tertiary/aromatic N) is 4. The number of benzene rings is 2. The number of fused-ring (bicyclic) bond motifs is 1. The maximum Gasteiger partial charge on any atom is 0.415 e. The second-order valence-electron chi connectivity index (χ2n) is 7.92. The molecule has 1 amide bonds. The summed E-state index contributed by atoms with van der Waals surface area (Å²) in [4.78, 5) is 14.8. The van der Waals surface area contributed by atoms with Gasteiger partial charge in [0.1, 0.15) is 18.9 Å². The van der Waals surface area contributed by atoms with Gasteiger partial charge in [-0.2, -0.15) is 12.6 Å². The zero-order valence-corrected chi connectivity index (χ0v) is 18.6. The number of hydrogen-bond acceptors (Lipinski definition) is 7. The van der Waals surface area contributed by atoms with Gasteiger partial charge >= 0.3 is 6.09 Å². The minimum atomic E-state index is -0.435. The Hall–Kier alpha value is -3.20. The van der Waals surface area contributed by atoms with Crippen LogP contribution in [0.1, 0.15) is 12.1 Å². The molecule has 2 aliphatic heterocycles. The van der Waals surface area contributed by atoms with Crippen molar-refractivity contribution in [3.63, 3.8) is 0 Å². The molecule has 0 N–H and O–H groups in total. The summed E-state index contributed by atoms with van der Waals surface area (Å²) in [5, 5.41) is 8.77. The van der Waals surface area contributed by atoms with Crippen molar-refractivity contribution in [3.05, 3.63) is 54.2 Å². The Bertz CT molecular complexity index is 1120. The molecule has 0 saturated carbocycles. The molecule has 0 unspecified atom stereocenters. The van der Waals surface area contributed by atoms with Crippen LogP contribution in [0.4, 0.5) is 4.79 Å². The van der Waals surface area contributed by atoms with Crippen LogP contribution in [0.25, 0.3) is 11.3 Å². The van der Waals surface area contributed by atoms with E-state index in [0.29, 0.717) is 43.6 Å². The van der Waals surface area contributed by atoms with Crippen LogP contribution in [0, 0.1) is 6.92 Å². The Kier molecular flexibility index (Phi) is 5.65. The summed E-state index contributed by atoms with van der Waals surface area (Å²) in [5.74, 6) is 1.40. The van der Waals surface area contributed by atoms with Crippen molar-refractivity contribution in [2.24, 2.45) is 0 Å². The number of amides is 1. The summed E-state index contributed by atoms with van der Waals surface area (Å²) in [6.45, 7) is 3.90. The Morgan fingerprint density at radius 3 is 2.81 bits per heavy atom. The number of likely N-dealkylation sites (tertiary alicyclic amines) is 1. The third-order valence-corrected chi connectivity index (χ3v) is 6.14. The Morgan fingerprint density at radius 2 is 1.97 bits per heavy atom. The zero-order chi connectivity index (χ0) is 22.1. The first-order valence-electron chi connectivity index (χ1n) is 10.6. The highest BCUT2D eigenvalue weighted by Crippen LogP contribution is 2.39. The molecule has 0 bridgehead atoms. The molecular weight excluding hydrogens is 428 g/mol. The highest BCUT2D eigenvalue weighted by atomic mass is 32.1. The molecule has 5 rings (SSSR count). The SMILES string of the molecule is Cc1c(-c2ccccc2)nnn1C[C@@H]1C[C@@H](S)CN1C(=O)Oc1cccc2c1OCCO2. The van der Waals surface area contributed by atoms with Gasteiger partial charge in [0.2, 0.25) is 5.75 Å². The number of para-hydroxylation sites is 1. The molecule has 2 aromatic carbocycles. The molecule has 0 radical (unpaired) electrons. The molecule has 166 valence electrons. The van der Waals surface area contributed by atoms with Crippen LogP contribution in [0.15, 0.2) is 48.5 Å². The monoisotopic (exact) mass is 452 g/mol. The summed E-state index contributed by atoms with van der Waals surface area (Å²) in [7, 11) is 0. The summed E-state index contributed by atoms with van der Waals surface area (Å²) in [6.07, 6.45) is 0.306. The van der Waals surface area contributed by atoms with Crippen LogP contribution >= 0.6 is 12.6 Å². The van der Waals surface area contributed by atoms with Gasteiger partial charge in [-0.3, -0.25) is 0 Å². The lowest BCUT2D eigenvalue weighted by molar-refractivity contribution is 0.133. The van der Waals surface area contributed by atoms with Gasteiger partial charge in [0.15, 0.2) is 11.5 Å². The van der Waals surface area contributed by atoms with E-state index in [9.17, 15) is 4.79 Å². The number of hydrogen-bond donors (Lipinski definition) is 1. The fraction of sp³-hybridized carbons (Fsp3) is 0.348. The van der Waals surface area contributed by atoms with E-state index >= 15 is 0 Å². The van der Waals surface area contributed by atoms with Crippen molar-refractivity contribution < 1.29 is 19.0 Å². The number of thiol groups is 1. The average molecular weight is 453 g/mol. The molecule has 2 aliphatic rings. The van der Waals surface area contributed by atoms with Crippen LogP contribution in [-0.4, -0.2) is 57.0 Å². The summed E-state index contributed by atoms with van der Waals surface area (Å²) in [5.41, 5.74) is 2.81. The zero-order valence-electron chi connectivity index (χ0n) is 17.7. The summed E-state index contributed by atoms with van der Waals surface area (Å²) >= 11 is 4.63. The smallest absolute Gasteiger partial charge is 0.415 e. The fourth-order valence-corrected chi connectivity index (χ4v) is 4.58. The van der Waals surface area contributed by atoms with Crippen molar-refractivity contribution in [1.29, 1.82) is 0 Å². The van der Waals surface area contributed by atoms with Crippen molar-refractivity contribution in [2.75, 3.05) is 19.8 Å². The number of aromatic nitrogens is 3. The van der Waals surface area contributed by atoms with Crippen molar-refractivity contribution in [2.45, 2.75) is 31.2 Å². The summed E-state index contributed by atoms with van der Waals surface area (Å²) < 4.78 is 18.8. The molecule has 32 heavy (non-hydrogen) atoms. The molecule has 0 spiro atoms. The van der Waals surface area contributed by atoms with Gasteiger partial charge in [-0.1, -0.05) is 41.6 Å². The number of carbonyl (C=O) groups excluding carboxylic acids is 1. The molecule has 3 aromatic rings. The van der Waals surface area contributed by atoms with Gasteiger partial charge in [-0.25, -0.2) is 9.48 Å². The third kappa shape index (κ3) is 4.00. The van der Waals surface area contributed by atoms with Crippen LogP contribution < -0.4 is 14.2 Å². The van der Waals surface area contributed by atoms with Crippen molar-refractivity contribution >= 4 is 18.7 Å². The summed E-state index contributed by atoms with van der Waals surface area (Å²) in [6, 6.07) is 15.1. The lowest BCUT2D eigenvalue weighted by Crippen LogP contribution is -2.40. The average Bonchev–Trinajstić information content (AvgIpc) is 3.37. The quantitative estimate of drug-likeness (QED) is 0.610.